The maximum atomic E-state index is 11.4. The Hall–Kier alpha value is -1.07. The molecule has 0 amide bonds. The summed E-state index contributed by atoms with van der Waals surface area (Å²) < 4.78 is 22.8. The summed E-state index contributed by atoms with van der Waals surface area (Å²) in [6.07, 6.45) is 0. The zero-order valence-electron chi connectivity index (χ0n) is 9.65. The average molecular weight is 252 g/mol. The number of sulfone groups is 1. The van der Waals surface area contributed by atoms with Crippen molar-refractivity contribution in [2.75, 3.05) is 29.5 Å². The van der Waals surface area contributed by atoms with Gasteiger partial charge in [-0.05, 0) is 23.3 Å². The van der Waals surface area contributed by atoms with Crippen LogP contribution in [0.3, 0.4) is 0 Å². The zero-order chi connectivity index (χ0) is 11.9. The summed E-state index contributed by atoms with van der Waals surface area (Å²) in [6, 6.07) is 6.44. The van der Waals surface area contributed by atoms with E-state index in [1.165, 1.54) is 11.1 Å². The number of anilines is 1. The summed E-state index contributed by atoms with van der Waals surface area (Å²) >= 11 is 0. The van der Waals surface area contributed by atoms with Gasteiger partial charge in [-0.2, -0.15) is 0 Å². The Labute approximate surface area is 102 Å². The highest BCUT2D eigenvalue weighted by molar-refractivity contribution is 7.91. The number of benzene rings is 1. The predicted octanol–water partition coefficient (Wildman–Crippen LogP) is 0.525. The molecule has 5 heteroatoms. The highest BCUT2D eigenvalue weighted by Crippen LogP contribution is 2.24. The van der Waals surface area contributed by atoms with Crippen LogP contribution in [0.5, 0.6) is 0 Å². The fraction of sp³-hybridized carbons (Fsp3) is 0.500. The summed E-state index contributed by atoms with van der Waals surface area (Å²) in [5.41, 5.74) is 3.86. The highest BCUT2D eigenvalue weighted by atomic mass is 32.2. The van der Waals surface area contributed by atoms with E-state index in [0.717, 1.165) is 18.8 Å². The van der Waals surface area contributed by atoms with Crippen LogP contribution in [-0.2, 0) is 22.9 Å². The first-order valence-electron chi connectivity index (χ1n) is 5.92. The molecule has 0 atom stereocenters. The largest absolute Gasteiger partial charge is 0.369 e. The van der Waals surface area contributed by atoms with E-state index < -0.39 is 9.84 Å². The standard InChI is InChI=1S/C12H16N2O2S/c15-17(16)5-3-14(4-6-17)12-2-1-10-8-13-9-11(10)7-12/h1-2,7,13H,3-6,8-9H2. The van der Waals surface area contributed by atoms with Gasteiger partial charge < -0.3 is 10.2 Å². The van der Waals surface area contributed by atoms with Gasteiger partial charge in [0.05, 0.1) is 11.5 Å². The molecule has 4 nitrogen and oxygen atoms in total. The molecule has 2 heterocycles. The molecular formula is C12H16N2O2S. The molecule has 0 aromatic heterocycles. The van der Waals surface area contributed by atoms with Gasteiger partial charge in [0.2, 0.25) is 0 Å². The molecule has 17 heavy (non-hydrogen) atoms. The van der Waals surface area contributed by atoms with Crippen molar-refractivity contribution in [2.45, 2.75) is 13.1 Å². The summed E-state index contributed by atoms with van der Waals surface area (Å²) in [7, 11) is -2.79. The molecule has 2 aliphatic rings. The van der Waals surface area contributed by atoms with Crippen LogP contribution in [0, 0.1) is 0 Å². The van der Waals surface area contributed by atoms with Crippen LogP contribution >= 0.6 is 0 Å². The van der Waals surface area contributed by atoms with Crippen molar-refractivity contribution in [1.82, 2.24) is 5.32 Å². The fourth-order valence-corrected chi connectivity index (χ4v) is 3.65. The van der Waals surface area contributed by atoms with E-state index in [0.29, 0.717) is 13.1 Å². The lowest BCUT2D eigenvalue weighted by Crippen LogP contribution is -2.40. The minimum absolute atomic E-state index is 0.280. The van der Waals surface area contributed by atoms with Gasteiger partial charge in [-0.1, -0.05) is 6.07 Å². The van der Waals surface area contributed by atoms with Crippen LogP contribution in [0.15, 0.2) is 18.2 Å². The Kier molecular flexibility index (Phi) is 2.60. The third-order valence-corrected chi connectivity index (χ3v) is 5.14. The minimum Gasteiger partial charge on any atom is -0.369 e. The molecule has 0 saturated carbocycles. The van der Waals surface area contributed by atoms with E-state index in [1.807, 2.05) is 0 Å². The van der Waals surface area contributed by atoms with Crippen molar-refractivity contribution < 1.29 is 8.42 Å². The van der Waals surface area contributed by atoms with Gasteiger partial charge in [-0.3, -0.25) is 0 Å². The van der Waals surface area contributed by atoms with E-state index in [9.17, 15) is 8.42 Å². The van der Waals surface area contributed by atoms with Crippen LogP contribution in [0.2, 0.25) is 0 Å². The van der Waals surface area contributed by atoms with E-state index in [-0.39, 0.29) is 11.5 Å². The van der Waals surface area contributed by atoms with Crippen LogP contribution in [0.4, 0.5) is 5.69 Å². The van der Waals surface area contributed by atoms with Gasteiger partial charge in [0.25, 0.3) is 0 Å². The quantitative estimate of drug-likeness (QED) is 0.792. The van der Waals surface area contributed by atoms with Crippen molar-refractivity contribution >= 4 is 15.5 Å². The Balaban J connectivity index is 1.81. The van der Waals surface area contributed by atoms with Gasteiger partial charge in [-0.15, -0.1) is 0 Å². The average Bonchev–Trinajstić information content (AvgIpc) is 2.76. The fourth-order valence-electron chi connectivity index (χ4n) is 2.45. The van der Waals surface area contributed by atoms with E-state index >= 15 is 0 Å². The number of hydrogen-bond donors (Lipinski definition) is 1. The summed E-state index contributed by atoms with van der Waals surface area (Å²) in [5.74, 6) is 0.560. The molecule has 3 rings (SSSR count). The smallest absolute Gasteiger partial charge is 0.153 e. The first kappa shape index (κ1) is 11.0. The van der Waals surface area contributed by atoms with E-state index in [4.69, 9.17) is 0 Å². The monoisotopic (exact) mass is 252 g/mol. The molecule has 0 radical (unpaired) electrons. The normalized spacial score (nSPS) is 22.5. The first-order valence-corrected chi connectivity index (χ1v) is 7.74. The van der Waals surface area contributed by atoms with Gasteiger partial charge in [0.15, 0.2) is 9.84 Å². The Morgan fingerprint density at radius 3 is 2.53 bits per heavy atom. The molecule has 2 aliphatic heterocycles. The predicted molar refractivity (Wildman–Crippen MR) is 67.9 cm³/mol. The number of hydrogen-bond acceptors (Lipinski definition) is 4. The second-order valence-electron chi connectivity index (χ2n) is 4.70. The molecule has 1 aromatic carbocycles. The molecular weight excluding hydrogens is 236 g/mol. The Bertz CT molecular complexity index is 525. The summed E-state index contributed by atoms with van der Waals surface area (Å²) in [4.78, 5) is 2.17. The van der Waals surface area contributed by atoms with Crippen molar-refractivity contribution in [3.8, 4) is 0 Å². The molecule has 1 fully saturated rings. The maximum absolute atomic E-state index is 11.4. The van der Waals surface area contributed by atoms with Crippen molar-refractivity contribution in [1.29, 1.82) is 0 Å². The SMILES string of the molecule is O=S1(=O)CCN(c2ccc3c(c2)CNC3)CC1. The molecule has 1 saturated heterocycles. The molecule has 92 valence electrons. The second-order valence-corrected chi connectivity index (χ2v) is 7.00. The zero-order valence-corrected chi connectivity index (χ0v) is 10.5. The lowest BCUT2D eigenvalue weighted by Gasteiger charge is -2.29. The van der Waals surface area contributed by atoms with Gasteiger partial charge in [-0.25, -0.2) is 8.42 Å². The number of fused-ring (bicyclic) bond motifs is 1. The lowest BCUT2D eigenvalue weighted by molar-refractivity contribution is 0.587. The minimum atomic E-state index is -2.79. The molecule has 1 N–H and O–H groups in total. The van der Waals surface area contributed by atoms with Crippen LogP contribution in [-0.4, -0.2) is 33.0 Å². The van der Waals surface area contributed by atoms with Crippen LogP contribution in [0.25, 0.3) is 0 Å². The van der Waals surface area contributed by atoms with Gasteiger partial charge >= 0.3 is 0 Å². The van der Waals surface area contributed by atoms with Crippen molar-refractivity contribution in [2.24, 2.45) is 0 Å². The molecule has 0 unspecified atom stereocenters. The van der Waals surface area contributed by atoms with Crippen LogP contribution in [0.1, 0.15) is 11.1 Å². The first-order chi connectivity index (χ1) is 8.14. The second kappa shape index (κ2) is 3.99. The molecule has 0 aliphatic carbocycles. The molecule has 0 spiro atoms. The number of rotatable bonds is 1. The molecule has 1 aromatic rings. The van der Waals surface area contributed by atoms with Gasteiger partial charge in [0, 0.05) is 31.9 Å². The number of nitrogens with one attached hydrogen (secondary N) is 1. The lowest BCUT2D eigenvalue weighted by atomic mass is 10.1. The highest BCUT2D eigenvalue weighted by Gasteiger charge is 2.22. The van der Waals surface area contributed by atoms with E-state index in [2.05, 4.69) is 28.4 Å². The van der Waals surface area contributed by atoms with Crippen molar-refractivity contribution in [3.63, 3.8) is 0 Å². The third kappa shape index (κ3) is 2.17. The topological polar surface area (TPSA) is 49.4 Å². The Morgan fingerprint density at radius 1 is 1.06 bits per heavy atom. The summed E-state index contributed by atoms with van der Waals surface area (Å²) in [5, 5.41) is 3.32. The van der Waals surface area contributed by atoms with Crippen LogP contribution < -0.4 is 10.2 Å². The maximum Gasteiger partial charge on any atom is 0.153 e. The van der Waals surface area contributed by atoms with E-state index in [1.54, 1.807) is 0 Å². The Morgan fingerprint density at radius 2 is 1.76 bits per heavy atom. The summed E-state index contributed by atoms with van der Waals surface area (Å²) in [6.45, 7) is 3.11. The molecule has 0 bridgehead atoms. The van der Waals surface area contributed by atoms with Gasteiger partial charge in [0.1, 0.15) is 0 Å². The van der Waals surface area contributed by atoms with Crippen molar-refractivity contribution in [3.05, 3.63) is 29.3 Å². The third-order valence-electron chi connectivity index (χ3n) is 3.53. The number of nitrogens with zero attached hydrogens (tertiary/aromatic N) is 1.